The van der Waals surface area contributed by atoms with Gasteiger partial charge in [-0.3, -0.25) is 4.99 Å². The van der Waals surface area contributed by atoms with E-state index in [1.807, 2.05) is 4.90 Å². The largest absolute Gasteiger partial charge is 0.478 e. The fourth-order valence-electron chi connectivity index (χ4n) is 4.84. The van der Waals surface area contributed by atoms with E-state index in [4.69, 9.17) is 26.4 Å². The van der Waals surface area contributed by atoms with Crippen LogP contribution in [0, 0.1) is 17.6 Å². The topological polar surface area (TPSA) is 117 Å². The number of carbonyl (C=O) groups excluding carboxylic acids is 1. The van der Waals surface area contributed by atoms with Crippen LogP contribution in [0.4, 0.5) is 14.6 Å². The van der Waals surface area contributed by atoms with Crippen LogP contribution in [-0.2, 0) is 9.53 Å². The van der Waals surface area contributed by atoms with Gasteiger partial charge in [-0.05, 0) is 38.0 Å². The molecule has 2 N–H and O–H groups in total. The maximum atomic E-state index is 14.6. The molecule has 3 aromatic rings. The van der Waals surface area contributed by atoms with Gasteiger partial charge in [0, 0.05) is 48.0 Å². The maximum absolute atomic E-state index is 14.6. The standard InChI is InChI=1S/C27H24ClF2N5O4S/c1-2-39-27(38)19-22(14-7-10-35(11-8-14)18-6-3-15(13-32-18)26(36)37)33-24(25-31-9-12-40-25)34-23(19)16-4-5-17(29)21(30)20(16)28/h3-6,9,12-14,23H,2,7-8,10-11H2,1H3,(H,33,34)(H,36,37). The second kappa shape index (κ2) is 11.7. The Morgan fingerprint density at radius 2 is 1.98 bits per heavy atom. The van der Waals surface area contributed by atoms with Crippen molar-refractivity contribution in [3.05, 3.63) is 86.1 Å². The number of nitrogens with zero attached hydrogens (tertiary/aromatic N) is 4. The van der Waals surface area contributed by atoms with E-state index in [1.54, 1.807) is 24.6 Å². The molecule has 5 rings (SSSR count). The first kappa shape index (κ1) is 27.7. The lowest BCUT2D eigenvalue weighted by molar-refractivity contribution is -0.139. The Balaban J connectivity index is 1.52. The zero-order valence-electron chi connectivity index (χ0n) is 21.2. The summed E-state index contributed by atoms with van der Waals surface area (Å²) in [6.07, 6.45) is 4.16. The first-order valence-corrected chi connectivity index (χ1v) is 13.8. The smallest absolute Gasteiger partial charge is 0.338 e. The molecule has 1 aromatic carbocycles. The van der Waals surface area contributed by atoms with E-state index < -0.39 is 34.6 Å². The number of carbonyl (C=O) groups is 2. The SMILES string of the molecule is CCOC(=O)C1=C(C2CCN(c3ccc(C(=O)O)cn3)CC2)NC(c2nccs2)=NC1c1ccc(F)c(F)c1Cl. The lowest BCUT2D eigenvalue weighted by Crippen LogP contribution is -2.41. The molecule has 2 aromatic heterocycles. The Morgan fingerprint density at radius 1 is 1.20 bits per heavy atom. The number of aromatic nitrogens is 2. The van der Waals surface area contributed by atoms with Crippen LogP contribution >= 0.6 is 22.9 Å². The number of benzene rings is 1. The van der Waals surface area contributed by atoms with E-state index in [0.717, 1.165) is 6.07 Å². The van der Waals surface area contributed by atoms with Crippen molar-refractivity contribution in [2.75, 3.05) is 24.6 Å². The number of carboxylic acid groups (broad SMARTS) is 1. The Hall–Kier alpha value is -3.90. The minimum Gasteiger partial charge on any atom is -0.478 e. The number of nitrogens with one attached hydrogen (secondary N) is 1. The zero-order chi connectivity index (χ0) is 28.4. The molecule has 13 heteroatoms. The number of amidine groups is 1. The van der Waals surface area contributed by atoms with E-state index in [0.29, 0.717) is 48.3 Å². The second-order valence-electron chi connectivity index (χ2n) is 9.13. The van der Waals surface area contributed by atoms with Gasteiger partial charge >= 0.3 is 11.9 Å². The maximum Gasteiger partial charge on any atom is 0.338 e. The third-order valence-corrected chi connectivity index (χ3v) is 7.95. The van der Waals surface area contributed by atoms with Gasteiger partial charge in [0.2, 0.25) is 0 Å². The van der Waals surface area contributed by atoms with Gasteiger partial charge in [-0.25, -0.2) is 28.3 Å². The fourth-order valence-corrected chi connectivity index (χ4v) is 5.69. The number of hydrogen-bond donors (Lipinski definition) is 2. The Kier molecular flexibility index (Phi) is 8.08. The highest BCUT2D eigenvalue weighted by molar-refractivity contribution is 7.11. The second-order valence-corrected chi connectivity index (χ2v) is 10.4. The van der Waals surface area contributed by atoms with Crippen LogP contribution < -0.4 is 10.2 Å². The molecule has 0 saturated carbocycles. The predicted octanol–water partition coefficient (Wildman–Crippen LogP) is 4.99. The quantitative estimate of drug-likeness (QED) is 0.293. The number of rotatable bonds is 7. The molecule has 0 bridgehead atoms. The van der Waals surface area contributed by atoms with Crippen molar-refractivity contribution in [3.8, 4) is 0 Å². The number of esters is 1. The molecule has 2 aliphatic heterocycles. The number of carboxylic acids is 1. The zero-order valence-corrected chi connectivity index (χ0v) is 22.8. The Morgan fingerprint density at radius 3 is 2.60 bits per heavy atom. The van der Waals surface area contributed by atoms with Crippen LogP contribution in [0.5, 0.6) is 0 Å². The van der Waals surface area contributed by atoms with Gasteiger partial charge in [-0.2, -0.15) is 0 Å². The minimum atomic E-state index is -1.22. The molecule has 1 fully saturated rings. The number of thiazole rings is 1. The van der Waals surface area contributed by atoms with Crippen molar-refractivity contribution in [1.29, 1.82) is 0 Å². The summed E-state index contributed by atoms with van der Waals surface area (Å²) in [6, 6.07) is 4.40. The lowest BCUT2D eigenvalue weighted by Gasteiger charge is -2.37. The number of pyridine rings is 1. The summed E-state index contributed by atoms with van der Waals surface area (Å²) in [5, 5.41) is 14.3. The van der Waals surface area contributed by atoms with Crippen LogP contribution in [0.1, 0.15) is 46.7 Å². The summed E-state index contributed by atoms with van der Waals surface area (Å²) in [5.74, 6) is -3.12. The van der Waals surface area contributed by atoms with Crippen LogP contribution in [0.2, 0.25) is 5.02 Å². The third kappa shape index (κ3) is 5.41. The van der Waals surface area contributed by atoms with E-state index in [2.05, 4.69) is 15.3 Å². The lowest BCUT2D eigenvalue weighted by atomic mass is 9.85. The molecule has 4 heterocycles. The number of allylic oxidation sites excluding steroid dienone is 1. The Bertz CT molecular complexity index is 1490. The van der Waals surface area contributed by atoms with Gasteiger partial charge in [0.15, 0.2) is 22.5 Å². The number of halogens is 3. The molecular weight excluding hydrogens is 564 g/mol. The van der Waals surface area contributed by atoms with Crippen molar-refractivity contribution in [3.63, 3.8) is 0 Å². The molecule has 0 amide bonds. The number of ether oxygens (including phenoxy) is 1. The normalized spacial score (nSPS) is 17.9. The van der Waals surface area contributed by atoms with Crippen LogP contribution in [0.15, 0.2) is 58.3 Å². The molecular formula is C27H24ClF2N5O4S. The molecule has 40 heavy (non-hydrogen) atoms. The summed E-state index contributed by atoms with van der Waals surface area (Å²) < 4.78 is 33.9. The summed E-state index contributed by atoms with van der Waals surface area (Å²) in [7, 11) is 0. The number of aliphatic imine (C=N–C) groups is 1. The highest BCUT2D eigenvalue weighted by Gasteiger charge is 2.38. The average Bonchev–Trinajstić information content (AvgIpc) is 3.51. The minimum absolute atomic E-state index is 0.102. The number of anilines is 1. The van der Waals surface area contributed by atoms with Crippen molar-refractivity contribution in [2.24, 2.45) is 10.9 Å². The van der Waals surface area contributed by atoms with Crippen LogP contribution in [0.25, 0.3) is 0 Å². The van der Waals surface area contributed by atoms with Gasteiger partial charge < -0.3 is 20.1 Å². The monoisotopic (exact) mass is 587 g/mol. The molecule has 0 radical (unpaired) electrons. The molecule has 208 valence electrons. The number of hydrogen-bond acceptors (Lipinski definition) is 9. The van der Waals surface area contributed by atoms with E-state index in [-0.39, 0.29) is 29.2 Å². The molecule has 0 spiro atoms. The van der Waals surface area contributed by atoms with Gasteiger partial charge in [-0.1, -0.05) is 17.7 Å². The van der Waals surface area contributed by atoms with Gasteiger partial charge in [0.1, 0.15) is 11.9 Å². The third-order valence-electron chi connectivity index (χ3n) is 6.79. The van der Waals surface area contributed by atoms with E-state index in [9.17, 15) is 18.4 Å². The van der Waals surface area contributed by atoms with Crippen molar-refractivity contribution >= 4 is 46.5 Å². The predicted molar refractivity (Wildman–Crippen MR) is 146 cm³/mol. The highest BCUT2D eigenvalue weighted by Crippen LogP contribution is 2.41. The Labute approximate surface area is 237 Å². The first-order valence-electron chi connectivity index (χ1n) is 12.5. The fraction of sp³-hybridized carbons (Fsp3) is 0.296. The van der Waals surface area contributed by atoms with Crippen molar-refractivity contribution in [1.82, 2.24) is 15.3 Å². The summed E-state index contributed by atoms with van der Waals surface area (Å²) >= 11 is 7.60. The van der Waals surface area contributed by atoms with Gasteiger partial charge in [0.25, 0.3) is 0 Å². The number of piperidine rings is 1. The van der Waals surface area contributed by atoms with Crippen molar-refractivity contribution < 1.29 is 28.2 Å². The molecule has 1 saturated heterocycles. The van der Waals surface area contributed by atoms with Crippen LogP contribution in [-0.4, -0.2) is 52.5 Å². The molecule has 0 aliphatic carbocycles. The highest BCUT2D eigenvalue weighted by atomic mass is 35.5. The molecule has 2 aliphatic rings. The van der Waals surface area contributed by atoms with Gasteiger partial charge in [0.05, 0.1) is 22.8 Å². The summed E-state index contributed by atoms with van der Waals surface area (Å²) in [6.45, 7) is 2.93. The van der Waals surface area contributed by atoms with Gasteiger partial charge in [-0.15, -0.1) is 11.3 Å². The first-order chi connectivity index (χ1) is 19.3. The van der Waals surface area contributed by atoms with E-state index in [1.165, 1.54) is 29.7 Å². The summed E-state index contributed by atoms with van der Waals surface area (Å²) in [5.41, 5.74) is 0.984. The average molecular weight is 588 g/mol. The molecule has 9 nitrogen and oxygen atoms in total. The summed E-state index contributed by atoms with van der Waals surface area (Å²) in [4.78, 5) is 39.9. The van der Waals surface area contributed by atoms with Crippen molar-refractivity contribution in [2.45, 2.75) is 25.8 Å². The molecule has 1 unspecified atom stereocenters. The van der Waals surface area contributed by atoms with Crippen LogP contribution in [0.3, 0.4) is 0 Å². The van der Waals surface area contributed by atoms with E-state index >= 15 is 0 Å². The molecule has 1 atom stereocenters. The number of aromatic carboxylic acids is 1.